The van der Waals surface area contributed by atoms with Gasteiger partial charge in [0.05, 0.1) is 18.2 Å². The van der Waals surface area contributed by atoms with Gasteiger partial charge in [0.1, 0.15) is 0 Å². The van der Waals surface area contributed by atoms with Crippen LogP contribution in [0.4, 0.5) is 0 Å². The summed E-state index contributed by atoms with van der Waals surface area (Å²) >= 11 is 0. The van der Waals surface area contributed by atoms with E-state index < -0.39 is 6.10 Å². The lowest BCUT2D eigenvalue weighted by atomic mass is 10.2. The Bertz CT molecular complexity index is 211. The Morgan fingerprint density at radius 3 is 3.00 bits per heavy atom. The van der Waals surface area contributed by atoms with Crippen LogP contribution in [0.1, 0.15) is 19.8 Å². The third kappa shape index (κ3) is 3.77. The van der Waals surface area contributed by atoms with Gasteiger partial charge < -0.3 is 20.5 Å². The number of carbonyl (C=O) groups is 1. The van der Waals surface area contributed by atoms with Gasteiger partial charge in [-0.3, -0.25) is 4.79 Å². The van der Waals surface area contributed by atoms with Crippen LogP contribution >= 0.6 is 0 Å². The Labute approximate surface area is 90.2 Å². The number of rotatable bonds is 5. The van der Waals surface area contributed by atoms with Gasteiger partial charge in [-0.05, 0) is 12.8 Å². The molecule has 0 bridgehead atoms. The Morgan fingerprint density at radius 1 is 1.73 bits per heavy atom. The van der Waals surface area contributed by atoms with Gasteiger partial charge in [-0.15, -0.1) is 0 Å². The van der Waals surface area contributed by atoms with Gasteiger partial charge in [-0.1, -0.05) is 6.92 Å². The van der Waals surface area contributed by atoms with E-state index >= 15 is 0 Å². The van der Waals surface area contributed by atoms with Crippen molar-refractivity contribution in [1.82, 2.24) is 10.6 Å². The molecular weight excluding hydrogens is 196 g/mol. The fourth-order valence-electron chi connectivity index (χ4n) is 1.57. The molecule has 3 N–H and O–H groups in total. The molecule has 15 heavy (non-hydrogen) atoms. The maximum Gasteiger partial charge on any atom is 0.237 e. The number of nitrogens with one attached hydrogen (secondary N) is 2. The topological polar surface area (TPSA) is 70.6 Å². The fourth-order valence-corrected chi connectivity index (χ4v) is 1.57. The van der Waals surface area contributed by atoms with Crippen LogP contribution in [-0.4, -0.2) is 49.5 Å². The highest BCUT2D eigenvalue weighted by molar-refractivity contribution is 5.82. The van der Waals surface area contributed by atoms with E-state index in [1.807, 2.05) is 6.92 Å². The average Bonchev–Trinajstić information content (AvgIpc) is 2.73. The van der Waals surface area contributed by atoms with Crippen molar-refractivity contribution in [2.24, 2.45) is 0 Å². The summed E-state index contributed by atoms with van der Waals surface area (Å²) in [4.78, 5) is 11.6. The molecular formula is C10H20N2O3. The highest BCUT2D eigenvalue weighted by Crippen LogP contribution is 2.09. The van der Waals surface area contributed by atoms with Crippen molar-refractivity contribution < 1.29 is 14.6 Å². The SMILES string of the molecule is CCC(O)CNC(=O)C1CC(OC)CN1. The summed E-state index contributed by atoms with van der Waals surface area (Å²) in [6.07, 6.45) is 1.02. The van der Waals surface area contributed by atoms with Crippen LogP contribution in [0.25, 0.3) is 0 Å². The molecule has 0 aromatic heterocycles. The van der Waals surface area contributed by atoms with Crippen LogP contribution in [0.15, 0.2) is 0 Å². The molecule has 0 aliphatic carbocycles. The van der Waals surface area contributed by atoms with E-state index in [1.54, 1.807) is 7.11 Å². The quantitative estimate of drug-likeness (QED) is 0.565. The molecule has 3 atom stereocenters. The van der Waals surface area contributed by atoms with Crippen molar-refractivity contribution in [2.45, 2.75) is 38.0 Å². The Balaban J connectivity index is 2.23. The van der Waals surface area contributed by atoms with E-state index in [2.05, 4.69) is 10.6 Å². The van der Waals surface area contributed by atoms with Gasteiger partial charge >= 0.3 is 0 Å². The first-order valence-corrected chi connectivity index (χ1v) is 5.39. The number of amides is 1. The van der Waals surface area contributed by atoms with Gasteiger partial charge in [0.25, 0.3) is 0 Å². The minimum atomic E-state index is -0.450. The van der Waals surface area contributed by atoms with Crippen molar-refractivity contribution in [2.75, 3.05) is 20.2 Å². The van der Waals surface area contributed by atoms with Crippen molar-refractivity contribution in [3.8, 4) is 0 Å². The zero-order chi connectivity index (χ0) is 11.3. The number of aliphatic hydroxyl groups excluding tert-OH is 1. The highest BCUT2D eigenvalue weighted by Gasteiger charge is 2.29. The summed E-state index contributed by atoms with van der Waals surface area (Å²) in [6.45, 7) is 2.92. The maximum atomic E-state index is 11.6. The molecule has 0 aromatic carbocycles. The van der Waals surface area contributed by atoms with E-state index in [4.69, 9.17) is 4.74 Å². The van der Waals surface area contributed by atoms with Gasteiger partial charge in [0.15, 0.2) is 0 Å². The zero-order valence-corrected chi connectivity index (χ0v) is 9.32. The largest absolute Gasteiger partial charge is 0.391 e. The molecule has 1 aliphatic rings. The van der Waals surface area contributed by atoms with Crippen LogP contribution in [0, 0.1) is 0 Å². The number of aliphatic hydroxyl groups is 1. The molecule has 1 amide bonds. The average molecular weight is 216 g/mol. The van der Waals surface area contributed by atoms with Gasteiger partial charge in [-0.2, -0.15) is 0 Å². The van der Waals surface area contributed by atoms with Crippen LogP contribution in [-0.2, 0) is 9.53 Å². The summed E-state index contributed by atoms with van der Waals surface area (Å²) in [5.41, 5.74) is 0. The Morgan fingerprint density at radius 2 is 2.47 bits per heavy atom. The van der Waals surface area contributed by atoms with Crippen molar-refractivity contribution in [3.05, 3.63) is 0 Å². The van der Waals surface area contributed by atoms with E-state index in [0.717, 1.165) is 0 Å². The summed E-state index contributed by atoms with van der Waals surface area (Å²) in [6, 6.07) is -0.181. The maximum absolute atomic E-state index is 11.6. The first-order valence-electron chi connectivity index (χ1n) is 5.39. The second-order valence-electron chi connectivity index (χ2n) is 3.86. The van der Waals surface area contributed by atoms with Crippen molar-refractivity contribution in [3.63, 3.8) is 0 Å². The second kappa shape index (κ2) is 6.05. The molecule has 0 saturated carbocycles. The normalized spacial score (nSPS) is 27.7. The van der Waals surface area contributed by atoms with Crippen LogP contribution in [0.2, 0.25) is 0 Å². The first-order chi connectivity index (χ1) is 7.17. The minimum Gasteiger partial charge on any atom is -0.391 e. The molecule has 0 radical (unpaired) electrons. The van der Waals surface area contributed by atoms with E-state index in [9.17, 15) is 9.90 Å². The second-order valence-corrected chi connectivity index (χ2v) is 3.86. The van der Waals surface area contributed by atoms with Crippen LogP contribution in [0.3, 0.4) is 0 Å². The first kappa shape index (κ1) is 12.4. The van der Waals surface area contributed by atoms with Gasteiger partial charge in [-0.25, -0.2) is 0 Å². The molecule has 1 saturated heterocycles. The lowest BCUT2D eigenvalue weighted by Crippen LogP contribution is -2.43. The van der Waals surface area contributed by atoms with Crippen molar-refractivity contribution in [1.29, 1.82) is 0 Å². The lowest BCUT2D eigenvalue weighted by molar-refractivity contribution is -0.123. The highest BCUT2D eigenvalue weighted by atomic mass is 16.5. The Hall–Kier alpha value is -0.650. The number of ether oxygens (including phenoxy) is 1. The molecule has 5 heteroatoms. The summed E-state index contributed by atoms with van der Waals surface area (Å²) in [7, 11) is 1.65. The third-order valence-corrected chi connectivity index (χ3v) is 2.72. The summed E-state index contributed by atoms with van der Waals surface area (Å²) < 4.78 is 5.15. The van der Waals surface area contributed by atoms with Crippen LogP contribution in [0.5, 0.6) is 0 Å². The molecule has 88 valence electrons. The van der Waals surface area contributed by atoms with Gasteiger partial charge in [0, 0.05) is 20.2 Å². The molecule has 1 aliphatic heterocycles. The molecule has 1 fully saturated rings. The Kier molecular flexibility index (Phi) is 5.01. The van der Waals surface area contributed by atoms with E-state index in [-0.39, 0.29) is 18.1 Å². The number of hydrogen-bond donors (Lipinski definition) is 3. The van der Waals surface area contributed by atoms with Crippen molar-refractivity contribution >= 4 is 5.91 Å². The van der Waals surface area contributed by atoms with Gasteiger partial charge in [0.2, 0.25) is 5.91 Å². The smallest absolute Gasteiger partial charge is 0.237 e. The fraction of sp³-hybridized carbons (Fsp3) is 0.900. The molecule has 1 heterocycles. The molecule has 0 aromatic rings. The monoisotopic (exact) mass is 216 g/mol. The van der Waals surface area contributed by atoms with Crippen LogP contribution < -0.4 is 10.6 Å². The summed E-state index contributed by atoms with van der Waals surface area (Å²) in [5.74, 6) is -0.0537. The minimum absolute atomic E-state index is 0.0537. The number of hydrogen-bond acceptors (Lipinski definition) is 4. The number of methoxy groups -OCH3 is 1. The predicted octanol–water partition coefficient (Wildman–Crippen LogP) is -0.750. The lowest BCUT2D eigenvalue weighted by Gasteiger charge is -2.13. The predicted molar refractivity (Wildman–Crippen MR) is 56.5 cm³/mol. The van der Waals surface area contributed by atoms with E-state index in [0.29, 0.717) is 25.9 Å². The standard InChI is InChI=1S/C10H20N2O3/c1-3-7(13)5-12-10(14)9-4-8(15-2)6-11-9/h7-9,11,13H,3-6H2,1-2H3,(H,12,14). The zero-order valence-electron chi connectivity index (χ0n) is 9.32. The van der Waals surface area contributed by atoms with E-state index in [1.165, 1.54) is 0 Å². The third-order valence-electron chi connectivity index (χ3n) is 2.72. The number of carbonyl (C=O) groups excluding carboxylic acids is 1. The molecule has 3 unspecified atom stereocenters. The molecule has 0 spiro atoms. The molecule has 5 nitrogen and oxygen atoms in total. The summed E-state index contributed by atoms with van der Waals surface area (Å²) in [5, 5.41) is 15.1. The molecule has 1 rings (SSSR count).